The molecule has 0 spiro atoms. The summed E-state index contributed by atoms with van der Waals surface area (Å²) in [6.07, 6.45) is 4.27. The number of allylic oxidation sites excluding steroid dienone is 2. The smallest absolute Gasteiger partial charge is 0.202 e. The molecule has 1 radical (unpaired) electrons. The van der Waals surface area contributed by atoms with Gasteiger partial charge in [0.2, 0.25) is 6.29 Å². The molecule has 1 nitrogen and oxygen atoms in total. The largest absolute Gasteiger partial charge is 0.291 e. The molecule has 2 atom stereocenters. The average molecular weight is 151 g/mol. The highest BCUT2D eigenvalue weighted by atomic mass is 16.1. The molecule has 1 aliphatic carbocycles. The summed E-state index contributed by atoms with van der Waals surface area (Å²) >= 11 is 0. The summed E-state index contributed by atoms with van der Waals surface area (Å²) < 4.78 is 0. The molecule has 1 saturated carbocycles. The predicted octanol–water partition coefficient (Wildman–Crippen LogP) is 2.33. The van der Waals surface area contributed by atoms with E-state index in [0.717, 1.165) is 0 Å². The van der Waals surface area contributed by atoms with Crippen molar-refractivity contribution in [2.45, 2.75) is 27.7 Å². The fourth-order valence-electron chi connectivity index (χ4n) is 1.57. The van der Waals surface area contributed by atoms with Crippen molar-refractivity contribution in [3.05, 3.63) is 11.6 Å². The molecule has 0 N–H and O–H groups in total. The van der Waals surface area contributed by atoms with Crippen LogP contribution >= 0.6 is 0 Å². The van der Waals surface area contributed by atoms with Gasteiger partial charge in [0.25, 0.3) is 0 Å². The molecule has 11 heavy (non-hydrogen) atoms. The standard InChI is InChI=1S/C10H15O/c1-7(2)5-8-9(6-11)10(8,3)4/h5,8-9H,1-4H3. The molecule has 61 valence electrons. The normalized spacial score (nSPS) is 32.7. The number of carbonyl (C=O) groups excluding carboxylic acids is 1. The molecule has 1 heteroatoms. The lowest BCUT2D eigenvalue weighted by Crippen LogP contribution is -1.89. The first kappa shape index (κ1) is 8.51. The highest BCUT2D eigenvalue weighted by Crippen LogP contribution is 2.57. The van der Waals surface area contributed by atoms with Crippen LogP contribution < -0.4 is 0 Å². The molecular formula is C10H15O. The van der Waals surface area contributed by atoms with Gasteiger partial charge in [-0.05, 0) is 25.2 Å². The molecule has 0 heterocycles. The number of hydrogen-bond acceptors (Lipinski definition) is 1. The van der Waals surface area contributed by atoms with Crippen LogP contribution in [-0.4, -0.2) is 6.29 Å². The molecule has 1 fully saturated rings. The van der Waals surface area contributed by atoms with Crippen molar-refractivity contribution in [3.8, 4) is 0 Å². The summed E-state index contributed by atoms with van der Waals surface area (Å²) in [5.41, 5.74) is 1.46. The lowest BCUT2D eigenvalue weighted by Gasteiger charge is -1.96. The summed E-state index contributed by atoms with van der Waals surface area (Å²) in [7, 11) is 0. The maximum absolute atomic E-state index is 10.4. The highest BCUT2D eigenvalue weighted by molar-refractivity contribution is 5.63. The maximum atomic E-state index is 10.4. The van der Waals surface area contributed by atoms with E-state index in [9.17, 15) is 4.79 Å². The third-order valence-electron chi connectivity index (χ3n) is 2.55. The minimum Gasteiger partial charge on any atom is -0.291 e. The van der Waals surface area contributed by atoms with Crippen molar-refractivity contribution in [1.82, 2.24) is 0 Å². The van der Waals surface area contributed by atoms with Gasteiger partial charge in [0.1, 0.15) is 0 Å². The van der Waals surface area contributed by atoms with Crippen LogP contribution in [0.1, 0.15) is 27.7 Å². The topological polar surface area (TPSA) is 17.1 Å². The first-order valence-electron chi connectivity index (χ1n) is 4.03. The molecule has 2 unspecified atom stereocenters. The van der Waals surface area contributed by atoms with E-state index < -0.39 is 0 Å². The molecule has 0 aromatic rings. The van der Waals surface area contributed by atoms with Crippen molar-refractivity contribution < 1.29 is 4.79 Å². The Hall–Kier alpha value is -0.590. The minimum atomic E-state index is 0.136. The van der Waals surface area contributed by atoms with Crippen LogP contribution in [0.25, 0.3) is 0 Å². The van der Waals surface area contributed by atoms with E-state index in [0.29, 0.717) is 5.92 Å². The van der Waals surface area contributed by atoms with Gasteiger partial charge in [0.05, 0.1) is 0 Å². The Bertz CT molecular complexity index is 197. The Morgan fingerprint density at radius 1 is 1.45 bits per heavy atom. The SMILES string of the molecule is CC(C)=CC1C([C]=O)C1(C)C. The van der Waals surface area contributed by atoms with Crippen molar-refractivity contribution in [2.24, 2.45) is 17.3 Å². The molecular weight excluding hydrogens is 136 g/mol. The second-order valence-corrected chi connectivity index (χ2v) is 4.19. The lowest BCUT2D eigenvalue weighted by atomic mass is 10.1. The van der Waals surface area contributed by atoms with Crippen molar-refractivity contribution in [2.75, 3.05) is 0 Å². The Morgan fingerprint density at radius 2 is 2.00 bits per heavy atom. The van der Waals surface area contributed by atoms with Crippen LogP contribution in [0.2, 0.25) is 0 Å². The third kappa shape index (κ3) is 1.37. The fraction of sp³-hybridized carbons (Fsp3) is 0.700. The van der Waals surface area contributed by atoms with Gasteiger partial charge in [-0.15, -0.1) is 0 Å². The van der Waals surface area contributed by atoms with Gasteiger partial charge < -0.3 is 0 Å². The Kier molecular flexibility index (Phi) is 1.91. The monoisotopic (exact) mass is 151 g/mol. The lowest BCUT2D eigenvalue weighted by molar-refractivity contribution is 0.528. The summed E-state index contributed by atoms with van der Waals surface area (Å²) in [4.78, 5) is 10.4. The van der Waals surface area contributed by atoms with E-state index in [4.69, 9.17) is 0 Å². The predicted molar refractivity (Wildman–Crippen MR) is 45.9 cm³/mol. The van der Waals surface area contributed by atoms with Gasteiger partial charge in [0.15, 0.2) is 0 Å². The molecule has 0 aromatic carbocycles. The zero-order valence-corrected chi connectivity index (χ0v) is 7.64. The van der Waals surface area contributed by atoms with E-state index in [2.05, 4.69) is 40.1 Å². The minimum absolute atomic E-state index is 0.136. The second kappa shape index (κ2) is 2.47. The molecule has 1 aliphatic rings. The zero-order chi connectivity index (χ0) is 8.65. The molecule has 1 rings (SSSR count). The van der Waals surface area contributed by atoms with Crippen LogP contribution in [0.15, 0.2) is 11.6 Å². The van der Waals surface area contributed by atoms with Crippen LogP contribution in [-0.2, 0) is 4.79 Å². The van der Waals surface area contributed by atoms with Gasteiger partial charge in [-0.3, -0.25) is 4.79 Å². The quantitative estimate of drug-likeness (QED) is 0.553. The molecule has 0 saturated heterocycles. The van der Waals surface area contributed by atoms with E-state index in [1.165, 1.54) is 5.57 Å². The van der Waals surface area contributed by atoms with Crippen molar-refractivity contribution in [1.29, 1.82) is 0 Å². The van der Waals surface area contributed by atoms with Gasteiger partial charge in [-0.1, -0.05) is 25.5 Å². The van der Waals surface area contributed by atoms with Crippen molar-refractivity contribution in [3.63, 3.8) is 0 Å². The summed E-state index contributed by atoms with van der Waals surface area (Å²) in [6.45, 7) is 8.37. The van der Waals surface area contributed by atoms with Crippen LogP contribution in [0.5, 0.6) is 0 Å². The molecule has 0 aliphatic heterocycles. The first-order valence-corrected chi connectivity index (χ1v) is 4.03. The first-order chi connectivity index (χ1) is 5.00. The van der Waals surface area contributed by atoms with E-state index >= 15 is 0 Å². The molecule has 0 amide bonds. The second-order valence-electron chi connectivity index (χ2n) is 4.19. The van der Waals surface area contributed by atoms with E-state index in [-0.39, 0.29) is 11.3 Å². The summed E-state index contributed by atoms with van der Waals surface area (Å²) in [5, 5.41) is 0. The Morgan fingerprint density at radius 3 is 2.27 bits per heavy atom. The summed E-state index contributed by atoms with van der Waals surface area (Å²) in [6, 6.07) is 0. The molecule has 0 bridgehead atoms. The van der Waals surface area contributed by atoms with E-state index in [1.54, 1.807) is 0 Å². The Balaban J connectivity index is 2.67. The van der Waals surface area contributed by atoms with Crippen LogP contribution in [0.4, 0.5) is 0 Å². The van der Waals surface area contributed by atoms with Gasteiger partial charge >= 0.3 is 0 Å². The van der Waals surface area contributed by atoms with Gasteiger partial charge in [-0.2, -0.15) is 0 Å². The number of rotatable bonds is 2. The fourth-order valence-corrected chi connectivity index (χ4v) is 1.57. The van der Waals surface area contributed by atoms with Gasteiger partial charge in [0, 0.05) is 5.92 Å². The van der Waals surface area contributed by atoms with Gasteiger partial charge in [-0.25, -0.2) is 0 Å². The van der Waals surface area contributed by atoms with E-state index in [1.807, 2.05) is 0 Å². The van der Waals surface area contributed by atoms with Crippen LogP contribution in [0.3, 0.4) is 0 Å². The maximum Gasteiger partial charge on any atom is 0.202 e. The average Bonchev–Trinajstić information content (AvgIpc) is 2.33. The third-order valence-corrected chi connectivity index (χ3v) is 2.55. The van der Waals surface area contributed by atoms with Crippen molar-refractivity contribution >= 4 is 6.29 Å². The van der Waals surface area contributed by atoms with Crippen LogP contribution in [0, 0.1) is 17.3 Å². The highest BCUT2D eigenvalue weighted by Gasteiger charge is 2.56. The Labute approximate surface area is 68.5 Å². The molecule has 0 aromatic heterocycles. The zero-order valence-electron chi connectivity index (χ0n) is 7.64. The summed E-state index contributed by atoms with van der Waals surface area (Å²) in [5.74, 6) is 0.572. The number of hydrogen-bond donors (Lipinski definition) is 0.